The number of carbonyl (C=O) groups is 1. The zero-order valence-electron chi connectivity index (χ0n) is 18.0. The first-order chi connectivity index (χ1) is 14.9. The summed E-state index contributed by atoms with van der Waals surface area (Å²) in [6.45, 7) is 3.82. The van der Waals surface area contributed by atoms with Gasteiger partial charge in [-0.15, -0.1) is 18.3 Å². The average molecular weight is 445 g/mol. The first-order valence-corrected chi connectivity index (χ1v) is 11.7. The molecule has 0 radical (unpaired) electrons. The third-order valence-corrected chi connectivity index (χ3v) is 7.78. The molecular weight excluding hydrogens is 412 g/mol. The second-order valence-corrected chi connectivity index (χ2v) is 9.49. The Balaban J connectivity index is 1.59. The van der Waals surface area contributed by atoms with E-state index in [0.29, 0.717) is 17.7 Å². The highest BCUT2D eigenvalue weighted by Gasteiger charge is 2.41. The van der Waals surface area contributed by atoms with Crippen LogP contribution in [0.5, 0.6) is 0 Å². The van der Waals surface area contributed by atoms with Gasteiger partial charge >= 0.3 is 5.97 Å². The number of methoxy groups -OCH3 is 1. The third-order valence-electron chi connectivity index (χ3n) is 6.48. The molecule has 2 aliphatic rings. The zero-order valence-corrected chi connectivity index (χ0v) is 18.8. The van der Waals surface area contributed by atoms with Crippen molar-refractivity contribution in [1.29, 1.82) is 0 Å². The second-order valence-electron chi connectivity index (χ2n) is 8.47. The van der Waals surface area contributed by atoms with Crippen LogP contribution in [0.3, 0.4) is 0 Å². The van der Waals surface area contributed by atoms with E-state index in [1.54, 1.807) is 12.1 Å². The number of aliphatic hydroxyl groups excluding tert-OH is 3. The molecule has 3 rings (SSSR count). The fraction of sp³-hybridized carbons (Fsp3) is 0.480. The number of esters is 1. The van der Waals surface area contributed by atoms with Crippen molar-refractivity contribution in [3.63, 3.8) is 0 Å². The van der Waals surface area contributed by atoms with Gasteiger partial charge in [0.05, 0.1) is 24.9 Å². The van der Waals surface area contributed by atoms with E-state index < -0.39 is 12.2 Å². The number of rotatable bonds is 10. The van der Waals surface area contributed by atoms with Gasteiger partial charge in [-0.2, -0.15) is 0 Å². The van der Waals surface area contributed by atoms with Gasteiger partial charge in [-0.05, 0) is 43.4 Å². The van der Waals surface area contributed by atoms with Crippen molar-refractivity contribution in [3.8, 4) is 0 Å². The van der Waals surface area contributed by atoms with Crippen LogP contribution in [0.4, 0.5) is 0 Å². The lowest BCUT2D eigenvalue weighted by atomic mass is 9.62. The molecular formula is C25H32O5S. The molecule has 0 spiro atoms. The Hall–Kier alpha value is -2.02. The van der Waals surface area contributed by atoms with Crippen LogP contribution < -0.4 is 0 Å². The van der Waals surface area contributed by atoms with Gasteiger partial charge in [0.1, 0.15) is 5.76 Å². The molecule has 0 heterocycles. The van der Waals surface area contributed by atoms with E-state index in [1.165, 1.54) is 18.9 Å². The third kappa shape index (κ3) is 5.43. The summed E-state index contributed by atoms with van der Waals surface area (Å²) in [5.41, 5.74) is 1.45. The molecule has 0 aliphatic heterocycles. The fourth-order valence-electron chi connectivity index (χ4n) is 4.40. The molecule has 3 atom stereocenters. The standard InChI is InChI=1S/C25H32O5S/c1-3-12-25(13-5-14-25)22(28)7-4-6-19-20(26)15-21(27)23(19)31-16-17-8-10-18(11-9-17)24(29)30-2/h3-4,6,8-11,19-20,22,26-28H,1,5,7,12-16H2,2H3/b6-4+/t19-,20?,22?/m0/s1. The Morgan fingerprint density at radius 1 is 1.35 bits per heavy atom. The molecule has 3 N–H and O–H groups in total. The summed E-state index contributed by atoms with van der Waals surface area (Å²) in [5, 5.41) is 31.5. The van der Waals surface area contributed by atoms with E-state index >= 15 is 0 Å². The Labute approximate surface area is 188 Å². The van der Waals surface area contributed by atoms with Crippen LogP contribution in [0.15, 0.2) is 59.7 Å². The number of thioether (sulfide) groups is 1. The van der Waals surface area contributed by atoms with Crippen LogP contribution in [0.1, 0.15) is 54.4 Å². The molecule has 0 bridgehead atoms. The fourth-order valence-corrected chi connectivity index (χ4v) is 5.59. The summed E-state index contributed by atoms with van der Waals surface area (Å²) in [6, 6.07) is 7.16. The van der Waals surface area contributed by atoms with Gasteiger partial charge in [0, 0.05) is 28.4 Å². The van der Waals surface area contributed by atoms with Crippen molar-refractivity contribution >= 4 is 17.7 Å². The smallest absolute Gasteiger partial charge is 0.337 e. The van der Waals surface area contributed by atoms with Gasteiger partial charge in [-0.3, -0.25) is 0 Å². The van der Waals surface area contributed by atoms with E-state index in [9.17, 15) is 20.1 Å². The summed E-state index contributed by atoms with van der Waals surface area (Å²) in [4.78, 5) is 12.3. The van der Waals surface area contributed by atoms with Gasteiger partial charge in [0.25, 0.3) is 0 Å². The number of hydrogen-bond acceptors (Lipinski definition) is 6. The van der Waals surface area contributed by atoms with Crippen molar-refractivity contribution in [2.24, 2.45) is 11.3 Å². The highest BCUT2D eigenvalue weighted by molar-refractivity contribution is 8.02. The normalized spacial score (nSPS) is 23.6. The maximum Gasteiger partial charge on any atom is 0.337 e. The molecule has 2 unspecified atom stereocenters. The Bertz CT molecular complexity index is 838. The molecule has 168 valence electrons. The summed E-state index contributed by atoms with van der Waals surface area (Å²) < 4.78 is 4.71. The van der Waals surface area contributed by atoms with Gasteiger partial charge in [0.2, 0.25) is 0 Å². The van der Waals surface area contributed by atoms with Crippen molar-refractivity contribution in [2.75, 3.05) is 7.11 Å². The molecule has 5 nitrogen and oxygen atoms in total. The van der Waals surface area contributed by atoms with Crippen LogP contribution in [0.2, 0.25) is 0 Å². The number of carbonyl (C=O) groups excluding carboxylic acids is 1. The van der Waals surface area contributed by atoms with E-state index in [4.69, 9.17) is 4.74 Å². The summed E-state index contributed by atoms with van der Waals surface area (Å²) in [6.07, 6.45) is 9.45. The molecule has 1 fully saturated rings. The van der Waals surface area contributed by atoms with E-state index in [2.05, 4.69) is 6.58 Å². The molecule has 0 saturated heterocycles. The minimum Gasteiger partial charge on any atom is -0.511 e. The largest absolute Gasteiger partial charge is 0.511 e. The lowest BCUT2D eigenvalue weighted by Gasteiger charge is -2.45. The van der Waals surface area contributed by atoms with Crippen molar-refractivity contribution in [2.45, 2.75) is 56.5 Å². The van der Waals surface area contributed by atoms with Crippen LogP contribution in [-0.4, -0.2) is 40.6 Å². The molecule has 0 amide bonds. The average Bonchev–Trinajstić information content (AvgIpc) is 3.01. The summed E-state index contributed by atoms with van der Waals surface area (Å²) in [7, 11) is 1.35. The van der Waals surface area contributed by atoms with Gasteiger partial charge < -0.3 is 20.1 Å². The Kier molecular flexibility index (Phi) is 8.03. The lowest BCUT2D eigenvalue weighted by molar-refractivity contribution is -0.0303. The van der Waals surface area contributed by atoms with Crippen LogP contribution >= 0.6 is 11.8 Å². The molecule has 1 saturated carbocycles. The number of allylic oxidation sites excluding steroid dienone is 1. The number of ether oxygens (including phenoxy) is 1. The maximum absolute atomic E-state index is 11.6. The molecule has 1 aromatic rings. The molecule has 2 aliphatic carbocycles. The van der Waals surface area contributed by atoms with Crippen molar-refractivity contribution in [1.82, 2.24) is 0 Å². The van der Waals surface area contributed by atoms with E-state index in [-0.39, 0.29) is 29.5 Å². The minimum absolute atomic E-state index is 0.0493. The lowest BCUT2D eigenvalue weighted by Crippen LogP contribution is -2.40. The van der Waals surface area contributed by atoms with Gasteiger partial charge in [-0.25, -0.2) is 4.79 Å². The Morgan fingerprint density at radius 3 is 2.65 bits per heavy atom. The second kappa shape index (κ2) is 10.5. The molecule has 6 heteroatoms. The van der Waals surface area contributed by atoms with E-state index in [0.717, 1.165) is 36.2 Å². The maximum atomic E-state index is 11.6. The summed E-state index contributed by atoms with van der Waals surface area (Å²) >= 11 is 1.49. The van der Waals surface area contributed by atoms with Crippen molar-refractivity contribution in [3.05, 3.63) is 70.9 Å². The first kappa shape index (κ1) is 23.6. The minimum atomic E-state index is -0.663. The number of benzene rings is 1. The first-order valence-electron chi connectivity index (χ1n) is 10.8. The summed E-state index contributed by atoms with van der Waals surface area (Å²) in [5.74, 6) is 0.190. The SMILES string of the molecule is C=CCC1(C(O)C/C=C/[C@@H]2C(SCc3ccc(C(=O)OC)cc3)=C(O)CC2O)CCC1. The topological polar surface area (TPSA) is 87.0 Å². The Morgan fingerprint density at radius 2 is 2.06 bits per heavy atom. The highest BCUT2D eigenvalue weighted by Crippen LogP contribution is 2.48. The highest BCUT2D eigenvalue weighted by atomic mass is 32.2. The molecule has 31 heavy (non-hydrogen) atoms. The van der Waals surface area contributed by atoms with Crippen LogP contribution in [0, 0.1) is 11.3 Å². The number of aliphatic hydroxyl groups is 3. The zero-order chi connectivity index (χ0) is 22.4. The van der Waals surface area contributed by atoms with Gasteiger partial charge in [-0.1, -0.05) is 36.8 Å². The molecule has 0 aromatic heterocycles. The predicted molar refractivity (Wildman–Crippen MR) is 124 cm³/mol. The van der Waals surface area contributed by atoms with Crippen LogP contribution in [0.25, 0.3) is 0 Å². The predicted octanol–water partition coefficient (Wildman–Crippen LogP) is 4.91. The van der Waals surface area contributed by atoms with E-state index in [1.807, 2.05) is 30.4 Å². The monoisotopic (exact) mass is 444 g/mol. The number of hydrogen-bond donors (Lipinski definition) is 3. The van der Waals surface area contributed by atoms with Crippen LogP contribution in [-0.2, 0) is 10.5 Å². The quantitative estimate of drug-likeness (QED) is 0.351. The molecule has 1 aromatic carbocycles. The van der Waals surface area contributed by atoms with Gasteiger partial charge in [0.15, 0.2) is 0 Å². The van der Waals surface area contributed by atoms with Crippen molar-refractivity contribution < 1.29 is 24.9 Å².